The lowest BCUT2D eigenvalue weighted by Gasteiger charge is -2.34. The van der Waals surface area contributed by atoms with Gasteiger partial charge in [0.25, 0.3) is 0 Å². The van der Waals surface area contributed by atoms with Crippen LogP contribution in [0.2, 0.25) is 0 Å². The maximum atomic E-state index is 12.9. The minimum Gasteiger partial charge on any atom is -0.342 e. The zero-order chi connectivity index (χ0) is 17.9. The molecule has 0 saturated carbocycles. The quantitative estimate of drug-likeness (QED) is 0.845. The van der Waals surface area contributed by atoms with Crippen LogP contribution in [-0.2, 0) is 4.79 Å². The lowest BCUT2D eigenvalue weighted by Crippen LogP contribution is -2.48. The van der Waals surface area contributed by atoms with E-state index in [1.54, 1.807) is 4.90 Å². The fourth-order valence-corrected chi connectivity index (χ4v) is 3.72. The predicted molar refractivity (Wildman–Crippen MR) is 105 cm³/mol. The molecular weight excluding hydrogens is 352 g/mol. The highest BCUT2D eigenvalue weighted by molar-refractivity contribution is 5.90. The van der Waals surface area contributed by atoms with E-state index in [-0.39, 0.29) is 35.7 Å². The Bertz CT molecular complexity index is 627. The first-order valence-electron chi connectivity index (χ1n) is 9.11. The van der Waals surface area contributed by atoms with Crippen molar-refractivity contribution in [2.24, 2.45) is 17.1 Å². The van der Waals surface area contributed by atoms with Gasteiger partial charge in [-0.3, -0.25) is 4.79 Å². The number of urea groups is 1. The van der Waals surface area contributed by atoms with Crippen molar-refractivity contribution < 1.29 is 9.59 Å². The van der Waals surface area contributed by atoms with Gasteiger partial charge in [-0.05, 0) is 43.4 Å². The van der Waals surface area contributed by atoms with Crippen molar-refractivity contribution in [1.29, 1.82) is 0 Å². The summed E-state index contributed by atoms with van der Waals surface area (Å²) in [4.78, 5) is 29.0. The summed E-state index contributed by atoms with van der Waals surface area (Å²) in [6.45, 7) is 5.44. The lowest BCUT2D eigenvalue weighted by atomic mass is 9.90. The normalized spacial score (nSPS) is 25.5. The molecule has 3 amide bonds. The number of amides is 3. The number of carbonyl (C=O) groups is 2. The average molecular weight is 381 g/mol. The van der Waals surface area contributed by atoms with Gasteiger partial charge < -0.3 is 20.9 Å². The van der Waals surface area contributed by atoms with Crippen LogP contribution >= 0.6 is 12.4 Å². The molecule has 144 valence electrons. The molecule has 3 N–H and O–H groups in total. The maximum absolute atomic E-state index is 12.9. The van der Waals surface area contributed by atoms with E-state index in [2.05, 4.69) is 12.2 Å². The molecule has 0 bridgehead atoms. The highest BCUT2D eigenvalue weighted by Gasteiger charge is 2.38. The van der Waals surface area contributed by atoms with Crippen LogP contribution in [0.5, 0.6) is 0 Å². The molecule has 2 fully saturated rings. The Kier molecular flexibility index (Phi) is 6.89. The van der Waals surface area contributed by atoms with Gasteiger partial charge >= 0.3 is 6.03 Å². The number of nitrogens with zero attached hydrogens (tertiary/aromatic N) is 2. The first kappa shape index (κ1) is 20.5. The van der Waals surface area contributed by atoms with Gasteiger partial charge in [-0.25, -0.2) is 4.79 Å². The summed E-state index contributed by atoms with van der Waals surface area (Å²) in [5.41, 5.74) is 6.66. The van der Waals surface area contributed by atoms with Crippen molar-refractivity contribution in [2.45, 2.75) is 26.2 Å². The monoisotopic (exact) mass is 380 g/mol. The highest BCUT2D eigenvalue weighted by Crippen LogP contribution is 2.31. The zero-order valence-electron chi connectivity index (χ0n) is 15.3. The molecule has 2 aliphatic rings. The van der Waals surface area contributed by atoms with Crippen LogP contribution in [0.4, 0.5) is 10.5 Å². The Morgan fingerprint density at radius 2 is 1.96 bits per heavy atom. The molecule has 1 aromatic carbocycles. The molecule has 2 heterocycles. The number of anilines is 1. The van der Waals surface area contributed by atoms with Crippen molar-refractivity contribution in [3.8, 4) is 0 Å². The molecule has 7 heteroatoms. The van der Waals surface area contributed by atoms with Gasteiger partial charge in [0.2, 0.25) is 5.91 Å². The first-order chi connectivity index (χ1) is 12.0. The number of nitrogens with two attached hydrogens (primary N) is 1. The zero-order valence-corrected chi connectivity index (χ0v) is 16.1. The van der Waals surface area contributed by atoms with Crippen molar-refractivity contribution in [3.63, 3.8) is 0 Å². The number of para-hydroxylation sites is 1. The minimum atomic E-state index is -0.128. The Morgan fingerprint density at radius 3 is 2.62 bits per heavy atom. The second kappa shape index (κ2) is 8.73. The number of hydrogen-bond donors (Lipinski definition) is 2. The number of benzene rings is 1. The molecule has 1 aromatic rings. The van der Waals surface area contributed by atoms with Gasteiger partial charge in [0.1, 0.15) is 0 Å². The molecule has 0 aromatic heterocycles. The van der Waals surface area contributed by atoms with E-state index in [4.69, 9.17) is 5.73 Å². The fraction of sp³-hybridized carbons (Fsp3) is 0.579. The molecule has 26 heavy (non-hydrogen) atoms. The van der Waals surface area contributed by atoms with Gasteiger partial charge in [-0.1, -0.05) is 25.1 Å². The number of nitrogens with one attached hydrogen (secondary N) is 1. The van der Waals surface area contributed by atoms with Crippen molar-refractivity contribution in [3.05, 3.63) is 30.3 Å². The van der Waals surface area contributed by atoms with Crippen LogP contribution in [0.15, 0.2) is 30.3 Å². The van der Waals surface area contributed by atoms with Crippen LogP contribution in [0.25, 0.3) is 0 Å². The molecule has 0 aliphatic carbocycles. The summed E-state index contributed by atoms with van der Waals surface area (Å²) in [7, 11) is 0. The van der Waals surface area contributed by atoms with E-state index in [1.165, 1.54) is 0 Å². The summed E-state index contributed by atoms with van der Waals surface area (Å²) in [6, 6.07) is 9.29. The molecule has 6 nitrogen and oxygen atoms in total. The van der Waals surface area contributed by atoms with E-state index >= 15 is 0 Å². The van der Waals surface area contributed by atoms with Crippen molar-refractivity contribution in [2.75, 3.05) is 38.0 Å². The Morgan fingerprint density at radius 1 is 1.23 bits per heavy atom. The molecular formula is C19H29ClN4O2. The van der Waals surface area contributed by atoms with Crippen LogP contribution in [-0.4, -0.2) is 54.5 Å². The lowest BCUT2D eigenvalue weighted by molar-refractivity contribution is -0.136. The van der Waals surface area contributed by atoms with E-state index in [0.29, 0.717) is 19.6 Å². The number of rotatable bonds is 3. The van der Waals surface area contributed by atoms with E-state index in [9.17, 15) is 9.59 Å². The van der Waals surface area contributed by atoms with E-state index in [1.807, 2.05) is 35.2 Å². The summed E-state index contributed by atoms with van der Waals surface area (Å²) in [5.74, 6) is 0.0739. The summed E-state index contributed by atoms with van der Waals surface area (Å²) in [6.07, 6.45) is 2.67. The molecule has 2 atom stereocenters. The molecule has 3 rings (SSSR count). The summed E-state index contributed by atoms with van der Waals surface area (Å²) < 4.78 is 0. The van der Waals surface area contributed by atoms with Gasteiger partial charge in [-0.2, -0.15) is 0 Å². The minimum absolute atomic E-state index is 0. The number of hydrogen-bond acceptors (Lipinski definition) is 3. The van der Waals surface area contributed by atoms with Gasteiger partial charge in [0, 0.05) is 31.9 Å². The Hall–Kier alpha value is -1.79. The molecule has 0 radical (unpaired) electrons. The Labute approximate surface area is 161 Å². The summed E-state index contributed by atoms with van der Waals surface area (Å²) >= 11 is 0. The van der Waals surface area contributed by atoms with E-state index < -0.39 is 0 Å². The third-order valence-corrected chi connectivity index (χ3v) is 5.45. The van der Waals surface area contributed by atoms with Crippen LogP contribution < -0.4 is 11.1 Å². The molecule has 2 saturated heterocycles. The highest BCUT2D eigenvalue weighted by atomic mass is 35.5. The fourth-order valence-electron chi connectivity index (χ4n) is 3.72. The topological polar surface area (TPSA) is 78.7 Å². The van der Waals surface area contributed by atoms with Crippen molar-refractivity contribution >= 4 is 30.0 Å². The first-order valence-corrected chi connectivity index (χ1v) is 9.11. The third-order valence-electron chi connectivity index (χ3n) is 5.45. The molecule has 0 spiro atoms. The van der Waals surface area contributed by atoms with Crippen LogP contribution in [0.3, 0.4) is 0 Å². The Balaban J connectivity index is 0.00000243. The average Bonchev–Trinajstić information content (AvgIpc) is 3.05. The number of carbonyl (C=O) groups excluding carboxylic acids is 2. The number of likely N-dealkylation sites (tertiary alicyclic amines) is 2. The van der Waals surface area contributed by atoms with E-state index in [0.717, 1.165) is 38.0 Å². The van der Waals surface area contributed by atoms with Crippen LogP contribution in [0.1, 0.15) is 26.2 Å². The van der Waals surface area contributed by atoms with Crippen molar-refractivity contribution in [1.82, 2.24) is 9.80 Å². The smallest absolute Gasteiger partial charge is 0.321 e. The van der Waals surface area contributed by atoms with Gasteiger partial charge in [-0.15, -0.1) is 12.4 Å². The third kappa shape index (κ3) is 4.68. The molecule has 2 aliphatic heterocycles. The number of piperidine rings is 1. The number of halogens is 1. The largest absolute Gasteiger partial charge is 0.342 e. The van der Waals surface area contributed by atoms with Gasteiger partial charge in [0.05, 0.1) is 5.92 Å². The standard InChI is InChI=1S/C19H28N4O2.ClH/c1-19(13-20)9-11-23(14-19)17(24)15-6-5-10-22(12-15)18(25)21-16-7-3-2-4-8-16;/h2-4,7-8,15H,5-6,9-14,20H2,1H3,(H,21,25);1H. The molecule has 2 unspecified atom stereocenters. The van der Waals surface area contributed by atoms with Crippen LogP contribution in [0, 0.1) is 11.3 Å². The maximum Gasteiger partial charge on any atom is 0.321 e. The van der Waals surface area contributed by atoms with Gasteiger partial charge in [0.15, 0.2) is 0 Å². The second-order valence-corrected chi connectivity index (χ2v) is 7.61. The second-order valence-electron chi connectivity index (χ2n) is 7.61. The predicted octanol–water partition coefficient (Wildman–Crippen LogP) is 2.55. The SMILES string of the molecule is CC1(CN)CCN(C(=O)C2CCCN(C(=O)Nc3ccccc3)C2)C1.Cl. The summed E-state index contributed by atoms with van der Waals surface area (Å²) in [5, 5.41) is 2.91.